The normalized spacial score (nSPS) is 18.1. The van der Waals surface area contributed by atoms with E-state index in [0.717, 1.165) is 9.52 Å². The molecule has 0 bridgehead atoms. The zero-order chi connectivity index (χ0) is 8.39. The van der Waals surface area contributed by atoms with Crippen molar-refractivity contribution in [1.82, 2.24) is 0 Å². The molecule has 0 N–H and O–H groups in total. The predicted molar refractivity (Wildman–Crippen MR) is 55.6 cm³/mol. The van der Waals surface area contributed by atoms with Gasteiger partial charge < -0.3 is 1.43 Å². The fourth-order valence-corrected chi connectivity index (χ4v) is 2.80. The molecule has 1 aromatic carbocycles. The first kappa shape index (κ1) is 10.9. The Morgan fingerprint density at radius 3 is 2.92 bits per heavy atom. The number of fused-ring (bicyclic) bond motifs is 1. The minimum atomic E-state index is 0. The topological polar surface area (TPSA) is 0 Å². The van der Waals surface area contributed by atoms with Crippen LogP contribution in [0, 0.1) is 0 Å². The molecular weight excluding hydrogens is 167 g/mol. The standard InChI is InChI=1S/C11H12Si.Li.H/c1-2-12-11-8-7-9-5-3-4-6-10(9)11;;/h3-8,11H,2H2,1H3;;/q;+1;-1. The van der Waals surface area contributed by atoms with E-state index in [2.05, 4.69) is 43.3 Å². The van der Waals surface area contributed by atoms with Crippen LogP contribution < -0.4 is 18.9 Å². The fraction of sp³-hybridized carbons (Fsp3) is 0.273. The first-order valence-electron chi connectivity index (χ1n) is 4.42. The van der Waals surface area contributed by atoms with Crippen LogP contribution in [0.3, 0.4) is 0 Å². The van der Waals surface area contributed by atoms with E-state index in [4.69, 9.17) is 0 Å². The SMILES string of the molecule is CC[Si]C1C=Cc2ccccc21.[H-].[Li+]. The van der Waals surface area contributed by atoms with Crippen molar-refractivity contribution in [2.45, 2.75) is 18.5 Å². The van der Waals surface area contributed by atoms with Crippen LogP contribution in [0.25, 0.3) is 6.08 Å². The summed E-state index contributed by atoms with van der Waals surface area (Å²) in [6.07, 6.45) is 4.59. The second-order valence-corrected chi connectivity index (χ2v) is 4.76. The van der Waals surface area contributed by atoms with Crippen LogP contribution in [-0.4, -0.2) is 9.52 Å². The molecule has 0 nitrogen and oxygen atoms in total. The van der Waals surface area contributed by atoms with Crippen molar-refractivity contribution in [1.29, 1.82) is 0 Å². The molecule has 2 radical (unpaired) electrons. The number of rotatable bonds is 2. The third-order valence-electron chi connectivity index (χ3n) is 2.22. The van der Waals surface area contributed by atoms with E-state index in [1.54, 1.807) is 0 Å². The molecule has 0 spiro atoms. The van der Waals surface area contributed by atoms with Crippen LogP contribution >= 0.6 is 0 Å². The van der Waals surface area contributed by atoms with Gasteiger partial charge in [-0.2, -0.15) is 0 Å². The Bertz CT molecular complexity index is 312. The zero-order valence-corrected chi connectivity index (χ0v) is 9.25. The van der Waals surface area contributed by atoms with Gasteiger partial charge in [-0.1, -0.05) is 49.4 Å². The molecule has 1 aliphatic rings. The number of benzene rings is 1. The molecule has 1 aliphatic carbocycles. The summed E-state index contributed by atoms with van der Waals surface area (Å²) in [5, 5.41) is 0. The smallest absolute Gasteiger partial charge is 1.00 e. The van der Waals surface area contributed by atoms with E-state index < -0.39 is 0 Å². The second-order valence-electron chi connectivity index (χ2n) is 3.02. The van der Waals surface area contributed by atoms with Gasteiger partial charge in [0.25, 0.3) is 0 Å². The van der Waals surface area contributed by atoms with E-state index in [1.165, 1.54) is 17.2 Å². The molecule has 13 heavy (non-hydrogen) atoms. The summed E-state index contributed by atoms with van der Waals surface area (Å²) in [4.78, 5) is 0. The Labute approximate surface area is 95.9 Å². The van der Waals surface area contributed by atoms with Crippen molar-refractivity contribution in [3.05, 3.63) is 41.5 Å². The van der Waals surface area contributed by atoms with Gasteiger partial charge in [0, 0.05) is 0 Å². The summed E-state index contributed by atoms with van der Waals surface area (Å²) in [5.41, 5.74) is 3.66. The maximum absolute atomic E-state index is 2.34. The Balaban J connectivity index is 0.000000845. The van der Waals surface area contributed by atoms with Gasteiger partial charge in [0.15, 0.2) is 0 Å². The third-order valence-corrected chi connectivity index (χ3v) is 3.57. The average molecular weight is 180 g/mol. The molecular formula is C11H13LiSi. The summed E-state index contributed by atoms with van der Waals surface area (Å²) in [7, 11) is 1.05. The van der Waals surface area contributed by atoms with E-state index >= 15 is 0 Å². The van der Waals surface area contributed by atoms with Crippen LogP contribution in [0.15, 0.2) is 30.3 Å². The van der Waals surface area contributed by atoms with Gasteiger partial charge in [0.1, 0.15) is 0 Å². The molecule has 0 fully saturated rings. The molecule has 0 saturated heterocycles. The van der Waals surface area contributed by atoms with Gasteiger partial charge in [-0.25, -0.2) is 0 Å². The van der Waals surface area contributed by atoms with Crippen LogP contribution in [0.1, 0.15) is 25.0 Å². The molecule has 0 aromatic heterocycles. The molecule has 0 saturated carbocycles. The summed E-state index contributed by atoms with van der Waals surface area (Å²) in [5.74, 6) is 0. The third kappa shape index (κ3) is 2.17. The molecule has 1 atom stereocenters. The fourth-order valence-electron chi connectivity index (χ4n) is 1.65. The van der Waals surface area contributed by atoms with Crippen molar-refractivity contribution in [2.24, 2.45) is 0 Å². The molecule has 62 valence electrons. The van der Waals surface area contributed by atoms with Gasteiger partial charge in [-0.05, 0) is 16.7 Å². The predicted octanol–water partition coefficient (Wildman–Crippen LogP) is 0.0134. The second kappa shape index (κ2) is 4.86. The molecule has 0 amide bonds. The average Bonchev–Trinajstić information content (AvgIpc) is 2.50. The number of allylic oxidation sites excluding steroid dienone is 1. The quantitative estimate of drug-likeness (QED) is 0.563. The number of hydrogen-bond donors (Lipinski definition) is 0. The summed E-state index contributed by atoms with van der Waals surface area (Å²) in [6, 6.07) is 10.00. The van der Waals surface area contributed by atoms with Crippen LogP contribution in [0.5, 0.6) is 0 Å². The van der Waals surface area contributed by atoms with Crippen molar-refractivity contribution in [3.63, 3.8) is 0 Å². The molecule has 1 aromatic rings. The van der Waals surface area contributed by atoms with E-state index in [-0.39, 0.29) is 20.3 Å². The first-order valence-corrected chi connectivity index (χ1v) is 5.71. The minimum Gasteiger partial charge on any atom is -1.00 e. The maximum Gasteiger partial charge on any atom is 1.00 e. The Morgan fingerprint density at radius 1 is 1.38 bits per heavy atom. The van der Waals surface area contributed by atoms with Gasteiger partial charge in [0.2, 0.25) is 0 Å². The first-order chi connectivity index (χ1) is 5.92. The molecule has 0 aliphatic heterocycles. The Kier molecular flexibility index (Phi) is 4.06. The monoisotopic (exact) mass is 180 g/mol. The van der Waals surface area contributed by atoms with E-state index in [1.807, 2.05) is 0 Å². The Hall–Kier alpha value is -0.226. The largest absolute Gasteiger partial charge is 1.00 e. The van der Waals surface area contributed by atoms with Gasteiger partial charge >= 0.3 is 18.9 Å². The molecule has 2 heteroatoms. The summed E-state index contributed by atoms with van der Waals surface area (Å²) in [6.45, 7) is 2.26. The van der Waals surface area contributed by atoms with Crippen molar-refractivity contribution < 1.29 is 20.3 Å². The van der Waals surface area contributed by atoms with Crippen LogP contribution in [0.4, 0.5) is 0 Å². The summed E-state index contributed by atoms with van der Waals surface area (Å²) < 4.78 is 0. The van der Waals surface area contributed by atoms with E-state index in [9.17, 15) is 0 Å². The molecule has 0 heterocycles. The van der Waals surface area contributed by atoms with Crippen molar-refractivity contribution >= 4 is 15.6 Å². The van der Waals surface area contributed by atoms with E-state index in [0.29, 0.717) is 5.54 Å². The van der Waals surface area contributed by atoms with Gasteiger partial charge in [-0.15, -0.1) is 0 Å². The van der Waals surface area contributed by atoms with Crippen molar-refractivity contribution in [3.8, 4) is 0 Å². The molecule has 2 rings (SSSR count). The summed E-state index contributed by atoms with van der Waals surface area (Å²) >= 11 is 0. The van der Waals surface area contributed by atoms with Crippen LogP contribution in [0.2, 0.25) is 6.04 Å². The van der Waals surface area contributed by atoms with Crippen LogP contribution in [-0.2, 0) is 0 Å². The number of hydrogen-bond acceptors (Lipinski definition) is 0. The maximum atomic E-state index is 2.34. The van der Waals surface area contributed by atoms with Gasteiger partial charge in [-0.3, -0.25) is 0 Å². The molecule has 1 unspecified atom stereocenters. The zero-order valence-electron chi connectivity index (χ0n) is 9.25. The van der Waals surface area contributed by atoms with Gasteiger partial charge in [0.05, 0.1) is 9.52 Å². The van der Waals surface area contributed by atoms with Crippen molar-refractivity contribution in [2.75, 3.05) is 0 Å². The Morgan fingerprint density at radius 2 is 2.15 bits per heavy atom. The minimum absolute atomic E-state index is 0.